The van der Waals surface area contributed by atoms with Crippen molar-refractivity contribution in [2.75, 3.05) is 7.05 Å². The molecule has 6 nitrogen and oxygen atoms in total. The number of likely N-dealkylation sites (tertiary alicyclic amines) is 1. The van der Waals surface area contributed by atoms with Gasteiger partial charge in [0.1, 0.15) is 10.0 Å². The number of imide groups is 1. The zero-order valence-corrected chi connectivity index (χ0v) is 14.6. The van der Waals surface area contributed by atoms with Crippen LogP contribution in [0.25, 0.3) is 0 Å². The first-order chi connectivity index (χ1) is 11.6. The van der Waals surface area contributed by atoms with Crippen molar-refractivity contribution in [2.45, 2.75) is 38.9 Å². The predicted octanol–water partition coefficient (Wildman–Crippen LogP) is 1.86. The Kier molecular flexibility index (Phi) is 5.01. The van der Waals surface area contributed by atoms with Gasteiger partial charge >= 0.3 is 0 Å². The van der Waals surface area contributed by atoms with Crippen LogP contribution >= 0.6 is 11.3 Å². The van der Waals surface area contributed by atoms with Gasteiger partial charge in [0.25, 0.3) is 0 Å². The molecule has 0 bridgehead atoms. The molecule has 7 heteroatoms. The highest BCUT2D eigenvalue weighted by molar-refractivity contribution is 7.11. The summed E-state index contributed by atoms with van der Waals surface area (Å²) < 4.78 is 0. The third-order valence-electron chi connectivity index (χ3n) is 4.13. The molecule has 0 radical (unpaired) electrons. The van der Waals surface area contributed by atoms with Crippen LogP contribution in [-0.4, -0.2) is 44.9 Å². The van der Waals surface area contributed by atoms with Gasteiger partial charge in [-0.15, -0.1) is 21.5 Å². The molecule has 1 aromatic heterocycles. The van der Waals surface area contributed by atoms with E-state index < -0.39 is 6.04 Å². The first-order valence-electron chi connectivity index (χ1n) is 7.98. The van der Waals surface area contributed by atoms with Crippen molar-refractivity contribution >= 4 is 23.2 Å². The molecule has 2 aromatic rings. The summed E-state index contributed by atoms with van der Waals surface area (Å²) in [5, 5.41) is 10.1. The summed E-state index contributed by atoms with van der Waals surface area (Å²) in [5.74, 6) is -0.251. The number of rotatable bonds is 6. The Labute approximate surface area is 145 Å². The fourth-order valence-electron chi connectivity index (χ4n) is 2.76. The van der Waals surface area contributed by atoms with Gasteiger partial charge in [-0.2, -0.15) is 0 Å². The zero-order chi connectivity index (χ0) is 17.1. The van der Waals surface area contributed by atoms with Gasteiger partial charge in [-0.3, -0.25) is 19.4 Å². The van der Waals surface area contributed by atoms with E-state index >= 15 is 0 Å². The van der Waals surface area contributed by atoms with Crippen molar-refractivity contribution in [3.8, 4) is 0 Å². The van der Waals surface area contributed by atoms with E-state index in [0.717, 1.165) is 22.0 Å². The highest BCUT2D eigenvalue weighted by Crippen LogP contribution is 2.22. The number of likely N-dealkylation sites (N-methyl/N-ethyl adjacent to an activating group) is 1. The first-order valence-corrected chi connectivity index (χ1v) is 8.79. The lowest BCUT2D eigenvalue weighted by Crippen LogP contribution is -2.39. The molecule has 1 saturated heterocycles. The van der Waals surface area contributed by atoms with Gasteiger partial charge in [0, 0.05) is 0 Å². The average molecular weight is 344 g/mol. The smallest absolute Gasteiger partial charge is 0.247 e. The van der Waals surface area contributed by atoms with Crippen molar-refractivity contribution in [3.63, 3.8) is 0 Å². The monoisotopic (exact) mass is 344 g/mol. The quantitative estimate of drug-likeness (QED) is 0.748. The maximum Gasteiger partial charge on any atom is 0.247 e. The molecule has 1 fully saturated rings. The molecule has 2 amide bonds. The molecular formula is C17H20N4O2S. The van der Waals surface area contributed by atoms with E-state index in [9.17, 15) is 9.59 Å². The molecule has 2 heterocycles. The van der Waals surface area contributed by atoms with Crippen LogP contribution in [0.1, 0.15) is 28.9 Å². The molecule has 1 aliphatic heterocycles. The van der Waals surface area contributed by atoms with E-state index in [4.69, 9.17) is 0 Å². The Morgan fingerprint density at radius 3 is 2.58 bits per heavy atom. The minimum absolute atomic E-state index is 0.118. The summed E-state index contributed by atoms with van der Waals surface area (Å²) in [4.78, 5) is 28.2. The highest BCUT2D eigenvalue weighted by atomic mass is 32.1. The Bertz CT molecular complexity index is 731. The number of nitrogens with zero attached hydrogens (tertiary/aromatic N) is 4. The first kappa shape index (κ1) is 16.7. The summed E-state index contributed by atoms with van der Waals surface area (Å²) in [6.07, 6.45) is 1.08. The lowest BCUT2D eigenvalue weighted by molar-refractivity contribution is -0.140. The van der Waals surface area contributed by atoms with Crippen LogP contribution in [0.5, 0.6) is 0 Å². The Hall–Kier alpha value is -2.12. The largest absolute Gasteiger partial charge is 0.288 e. The maximum absolute atomic E-state index is 12.6. The topological polar surface area (TPSA) is 66.4 Å². The molecule has 1 aliphatic rings. The second kappa shape index (κ2) is 7.19. The molecule has 0 spiro atoms. The van der Waals surface area contributed by atoms with E-state index in [1.807, 2.05) is 49.2 Å². The number of aryl methyl sites for hydroxylation is 1. The van der Waals surface area contributed by atoms with Gasteiger partial charge < -0.3 is 0 Å². The van der Waals surface area contributed by atoms with Crippen LogP contribution in [-0.2, 0) is 29.1 Å². The standard InChI is InChI=1S/C17H20N4O2S/c1-3-14-18-19-15(24-14)11-20(2)13-9-16(22)21(17(13)23)10-12-7-5-4-6-8-12/h4-8,13H,3,9-11H2,1-2H3. The summed E-state index contributed by atoms with van der Waals surface area (Å²) in [6.45, 7) is 2.90. The second-order valence-electron chi connectivity index (χ2n) is 5.88. The Morgan fingerprint density at radius 2 is 1.92 bits per heavy atom. The number of aromatic nitrogens is 2. The number of carbonyl (C=O) groups is 2. The number of carbonyl (C=O) groups excluding carboxylic acids is 2. The molecule has 126 valence electrons. The Morgan fingerprint density at radius 1 is 1.21 bits per heavy atom. The van der Waals surface area contributed by atoms with Crippen LogP contribution in [0.3, 0.4) is 0 Å². The van der Waals surface area contributed by atoms with Crippen LogP contribution in [0.2, 0.25) is 0 Å². The van der Waals surface area contributed by atoms with Gasteiger partial charge in [0.2, 0.25) is 11.8 Å². The van der Waals surface area contributed by atoms with Gasteiger partial charge in [0.15, 0.2) is 0 Å². The predicted molar refractivity (Wildman–Crippen MR) is 91.2 cm³/mol. The van der Waals surface area contributed by atoms with E-state index in [1.165, 1.54) is 4.90 Å². The van der Waals surface area contributed by atoms with Gasteiger partial charge in [-0.25, -0.2) is 0 Å². The minimum atomic E-state index is -0.421. The van der Waals surface area contributed by atoms with Crippen LogP contribution in [0.15, 0.2) is 30.3 Å². The molecule has 0 N–H and O–H groups in total. The van der Waals surface area contributed by atoms with E-state index in [-0.39, 0.29) is 18.2 Å². The number of benzene rings is 1. The summed E-state index contributed by atoms with van der Waals surface area (Å²) in [6, 6.07) is 9.15. The second-order valence-corrected chi connectivity index (χ2v) is 7.03. The summed E-state index contributed by atoms with van der Waals surface area (Å²) in [5.41, 5.74) is 0.958. The van der Waals surface area contributed by atoms with Crippen molar-refractivity contribution < 1.29 is 9.59 Å². The minimum Gasteiger partial charge on any atom is -0.288 e. The van der Waals surface area contributed by atoms with E-state index in [0.29, 0.717) is 13.1 Å². The van der Waals surface area contributed by atoms with E-state index in [2.05, 4.69) is 10.2 Å². The summed E-state index contributed by atoms with van der Waals surface area (Å²) in [7, 11) is 1.86. The average Bonchev–Trinajstić information content (AvgIpc) is 3.15. The zero-order valence-electron chi connectivity index (χ0n) is 13.8. The van der Waals surface area contributed by atoms with Crippen LogP contribution < -0.4 is 0 Å². The third-order valence-corrected chi connectivity index (χ3v) is 5.18. The van der Waals surface area contributed by atoms with Crippen molar-refractivity contribution in [2.24, 2.45) is 0 Å². The highest BCUT2D eigenvalue weighted by Gasteiger charge is 2.40. The van der Waals surface area contributed by atoms with Crippen LogP contribution in [0.4, 0.5) is 0 Å². The van der Waals surface area contributed by atoms with Gasteiger partial charge in [-0.1, -0.05) is 37.3 Å². The Balaban J connectivity index is 1.66. The third kappa shape index (κ3) is 3.52. The fraction of sp³-hybridized carbons (Fsp3) is 0.412. The van der Waals surface area contributed by atoms with Crippen molar-refractivity contribution in [1.82, 2.24) is 20.0 Å². The van der Waals surface area contributed by atoms with E-state index in [1.54, 1.807) is 11.3 Å². The maximum atomic E-state index is 12.6. The number of hydrogen-bond acceptors (Lipinski definition) is 6. The van der Waals surface area contributed by atoms with Gasteiger partial charge in [0.05, 0.1) is 25.6 Å². The van der Waals surface area contributed by atoms with Crippen molar-refractivity contribution in [1.29, 1.82) is 0 Å². The molecule has 3 rings (SSSR count). The summed E-state index contributed by atoms with van der Waals surface area (Å²) >= 11 is 1.55. The lowest BCUT2D eigenvalue weighted by atomic mass is 10.2. The lowest BCUT2D eigenvalue weighted by Gasteiger charge is -2.21. The van der Waals surface area contributed by atoms with Crippen molar-refractivity contribution in [3.05, 3.63) is 45.9 Å². The number of hydrogen-bond donors (Lipinski definition) is 0. The van der Waals surface area contributed by atoms with Gasteiger partial charge in [-0.05, 0) is 19.0 Å². The molecule has 1 unspecified atom stereocenters. The molecular weight excluding hydrogens is 324 g/mol. The molecule has 24 heavy (non-hydrogen) atoms. The molecule has 0 aliphatic carbocycles. The van der Waals surface area contributed by atoms with Crippen LogP contribution in [0, 0.1) is 0 Å². The number of amides is 2. The molecule has 0 saturated carbocycles. The molecule has 1 atom stereocenters. The fourth-order valence-corrected chi connectivity index (χ4v) is 3.61. The normalized spacial score (nSPS) is 18.0. The SMILES string of the molecule is CCc1nnc(CN(C)C2CC(=O)N(Cc3ccccc3)C2=O)s1. The molecule has 1 aromatic carbocycles.